The number of hydrazone groups is 1. The average molecular weight is 489 g/mol. The van der Waals surface area contributed by atoms with Gasteiger partial charge in [0, 0.05) is 17.6 Å². The molecule has 35 heavy (non-hydrogen) atoms. The van der Waals surface area contributed by atoms with E-state index in [1.54, 1.807) is 19.2 Å². The van der Waals surface area contributed by atoms with E-state index in [0.717, 1.165) is 35.8 Å². The van der Waals surface area contributed by atoms with Crippen LogP contribution in [0.25, 0.3) is 6.08 Å². The summed E-state index contributed by atoms with van der Waals surface area (Å²) in [5, 5.41) is 13.6. The normalized spacial score (nSPS) is 19.2. The Morgan fingerprint density at radius 3 is 2.46 bits per heavy atom. The molecule has 8 heteroatoms. The lowest BCUT2D eigenvalue weighted by Gasteiger charge is -2.30. The van der Waals surface area contributed by atoms with Crippen molar-refractivity contribution in [3.63, 3.8) is 0 Å². The summed E-state index contributed by atoms with van der Waals surface area (Å²) < 4.78 is 34.3. The van der Waals surface area contributed by atoms with Crippen LogP contribution in [-0.4, -0.2) is 36.7 Å². The number of rotatable bonds is 6. The number of nitrogens with zero attached hydrogens (tertiary/aromatic N) is 2. The molecule has 0 bridgehead atoms. The fourth-order valence-electron chi connectivity index (χ4n) is 4.78. The number of fused-ring (bicyclic) bond motifs is 3. The van der Waals surface area contributed by atoms with E-state index in [4.69, 9.17) is 14.9 Å². The summed E-state index contributed by atoms with van der Waals surface area (Å²) in [5.74, 6) is -0.452. The summed E-state index contributed by atoms with van der Waals surface area (Å²) in [7, 11) is -2.39. The number of sulfonamides is 1. The van der Waals surface area contributed by atoms with Crippen molar-refractivity contribution in [2.75, 3.05) is 7.11 Å². The number of methoxy groups -OCH3 is 1. The molecular weight excluding hydrogens is 464 g/mol. The molecule has 7 nitrogen and oxygen atoms in total. The number of carboxylic acids is 1. The maximum Gasteiger partial charge on any atom is 0.328 e. The van der Waals surface area contributed by atoms with E-state index in [0.29, 0.717) is 11.3 Å². The van der Waals surface area contributed by atoms with Crippen LogP contribution in [0.15, 0.2) is 88.9 Å². The summed E-state index contributed by atoms with van der Waals surface area (Å²) in [5.41, 5.74) is 4.39. The smallest absolute Gasteiger partial charge is 0.328 e. The van der Waals surface area contributed by atoms with E-state index in [1.807, 2.05) is 42.5 Å². The van der Waals surface area contributed by atoms with Crippen LogP contribution in [0.1, 0.15) is 34.7 Å². The molecule has 2 aliphatic rings. The second kappa shape index (κ2) is 9.03. The van der Waals surface area contributed by atoms with Gasteiger partial charge < -0.3 is 9.84 Å². The minimum atomic E-state index is -3.99. The second-order valence-corrected chi connectivity index (χ2v) is 10.3. The molecule has 5 rings (SSSR count). The molecule has 0 saturated heterocycles. The highest BCUT2D eigenvalue weighted by Crippen LogP contribution is 2.45. The van der Waals surface area contributed by atoms with Gasteiger partial charge in [-0.1, -0.05) is 48.5 Å². The molecule has 0 saturated carbocycles. The Bertz CT molecular complexity index is 1430. The molecular formula is C27H24N2O5S. The summed E-state index contributed by atoms with van der Waals surface area (Å²) in [4.78, 5) is 10.9. The Kier molecular flexibility index (Phi) is 5.90. The van der Waals surface area contributed by atoms with Crippen LogP contribution in [0, 0.1) is 5.92 Å². The van der Waals surface area contributed by atoms with Crippen molar-refractivity contribution in [3.8, 4) is 5.75 Å². The zero-order valence-electron chi connectivity index (χ0n) is 19.0. The predicted molar refractivity (Wildman–Crippen MR) is 133 cm³/mol. The van der Waals surface area contributed by atoms with E-state index in [-0.39, 0.29) is 10.8 Å². The van der Waals surface area contributed by atoms with Crippen molar-refractivity contribution in [2.45, 2.75) is 23.8 Å². The Morgan fingerprint density at radius 1 is 1.06 bits per heavy atom. The summed E-state index contributed by atoms with van der Waals surface area (Å²) in [6, 6.07) is 21.1. The Labute approximate surface area is 204 Å². The van der Waals surface area contributed by atoms with Crippen molar-refractivity contribution < 1.29 is 23.1 Å². The van der Waals surface area contributed by atoms with Gasteiger partial charge in [0.25, 0.3) is 10.0 Å². The molecule has 1 aliphatic heterocycles. The quantitative estimate of drug-likeness (QED) is 0.515. The van der Waals surface area contributed by atoms with Crippen molar-refractivity contribution in [1.82, 2.24) is 4.41 Å². The van der Waals surface area contributed by atoms with Crippen molar-refractivity contribution in [2.24, 2.45) is 11.0 Å². The highest BCUT2D eigenvalue weighted by molar-refractivity contribution is 7.89. The second-order valence-electron chi connectivity index (χ2n) is 8.52. The summed E-state index contributed by atoms with van der Waals surface area (Å²) >= 11 is 0. The van der Waals surface area contributed by atoms with Crippen LogP contribution < -0.4 is 4.74 Å². The molecule has 2 atom stereocenters. The highest BCUT2D eigenvalue weighted by Gasteiger charge is 2.46. The zero-order valence-corrected chi connectivity index (χ0v) is 19.9. The van der Waals surface area contributed by atoms with Gasteiger partial charge in [-0.3, -0.25) is 0 Å². The molecule has 178 valence electrons. The Morgan fingerprint density at radius 2 is 1.77 bits per heavy atom. The van der Waals surface area contributed by atoms with Gasteiger partial charge in [-0.15, -0.1) is 0 Å². The number of carboxylic acid groups (broad SMARTS) is 1. The van der Waals surface area contributed by atoms with Crippen LogP contribution in [0.5, 0.6) is 5.75 Å². The first kappa shape index (κ1) is 22.9. The van der Waals surface area contributed by atoms with Gasteiger partial charge in [0.05, 0.1) is 23.8 Å². The van der Waals surface area contributed by atoms with Gasteiger partial charge in [0.1, 0.15) is 5.75 Å². The van der Waals surface area contributed by atoms with E-state index in [9.17, 15) is 13.2 Å². The fourth-order valence-corrected chi connectivity index (χ4v) is 6.24. The number of aryl methyl sites for hydroxylation is 1. The number of benzene rings is 3. The first-order valence-corrected chi connectivity index (χ1v) is 12.7. The molecule has 3 aromatic carbocycles. The summed E-state index contributed by atoms with van der Waals surface area (Å²) in [6.45, 7) is 0. The van der Waals surface area contributed by atoms with Gasteiger partial charge in [0.2, 0.25) is 0 Å². The van der Waals surface area contributed by atoms with Crippen LogP contribution in [0.2, 0.25) is 0 Å². The maximum atomic E-state index is 13.9. The van der Waals surface area contributed by atoms with Gasteiger partial charge in [0.15, 0.2) is 0 Å². The van der Waals surface area contributed by atoms with E-state index >= 15 is 0 Å². The maximum absolute atomic E-state index is 13.9. The van der Waals surface area contributed by atoms with E-state index in [1.165, 1.54) is 28.2 Å². The first-order chi connectivity index (χ1) is 16.9. The van der Waals surface area contributed by atoms with Gasteiger partial charge in [-0.05, 0) is 59.9 Å². The molecule has 0 spiro atoms. The molecule has 0 aromatic heterocycles. The highest BCUT2D eigenvalue weighted by atomic mass is 32.2. The SMILES string of the molecule is COc1ccc(C2C3CCc4ccccc4C3=NN2S(=O)(=O)c2ccc(/C=C/C(=O)O)cc2)cc1. The molecule has 2 unspecified atom stereocenters. The van der Waals surface area contributed by atoms with Crippen molar-refractivity contribution in [3.05, 3.63) is 101 Å². The van der Waals surface area contributed by atoms with Gasteiger partial charge >= 0.3 is 5.97 Å². The third-order valence-corrected chi connectivity index (χ3v) is 8.16. The topological polar surface area (TPSA) is 96.3 Å². The molecule has 0 radical (unpaired) electrons. The molecule has 1 aliphatic carbocycles. The molecule has 0 amide bonds. The third kappa shape index (κ3) is 4.21. The lowest BCUT2D eigenvalue weighted by molar-refractivity contribution is -0.131. The Balaban J connectivity index is 1.58. The molecule has 1 N–H and O–H groups in total. The fraction of sp³-hybridized carbons (Fsp3) is 0.185. The number of carbonyl (C=O) groups is 1. The number of hydrogen-bond acceptors (Lipinski definition) is 5. The molecule has 0 fully saturated rings. The minimum Gasteiger partial charge on any atom is -0.497 e. The van der Waals surface area contributed by atoms with Crippen LogP contribution in [-0.2, 0) is 21.2 Å². The standard InChI is InChI=1S/C27H24N2O5S/c1-34-21-12-9-20(10-13-21)27-24-16-11-19-4-2-3-5-23(19)26(24)28-29(27)35(32,33)22-14-6-18(7-15-22)8-17-25(30)31/h2-10,12-15,17,24,27H,11,16H2,1H3,(H,30,31)/b17-8+. The first-order valence-electron chi connectivity index (χ1n) is 11.2. The number of hydrogen-bond donors (Lipinski definition) is 1. The van der Waals surface area contributed by atoms with Crippen LogP contribution >= 0.6 is 0 Å². The number of ether oxygens (including phenoxy) is 1. The van der Waals surface area contributed by atoms with Gasteiger partial charge in [-0.25, -0.2) is 4.79 Å². The number of aliphatic carboxylic acids is 1. The summed E-state index contributed by atoms with van der Waals surface area (Å²) in [6.07, 6.45) is 4.07. The lowest BCUT2D eigenvalue weighted by atomic mass is 9.77. The monoisotopic (exact) mass is 488 g/mol. The molecule has 3 aromatic rings. The van der Waals surface area contributed by atoms with Crippen LogP contribution in [0.4, 0.5) is 0 Å². The van der Waals surface area contributed by atoms with E-state index < -0.39 is 22.0 Å². The van der Waals surface area contributed by atoms with Crippen molar-refractivity contribution >= 4 is 27.8 Å². The third-order valence-electron chi connectivity index (χ3n) is 6.49. The lowest BCUT2D eigenvalue weighted by Crippen LogP contribution is -2.32. The van der Waals surface area contributed by atoms with Gasteiger partial charge in [-0.2, -0.15) is 17.9 Å². The van der Waals surface area contributed by atoms with Crippen LogP contribution in [0.3, 0.4) is 0 Å². The minimum absolute atomic E-state index is 0.0779. The zero-order chi connectivity index (χ0) is 24.6. The average Bonchev–Trinajstić information content (AvgIpc) is 3.29. The van der Waals surface area contributed by atoms with E-state index in [2.05, 4.69) is 6.07 Å². The largest absolute Gasteiger partial charge is 0.497 e. The Hall–Kier alpha value is -3.91. The van der Waals surface area contributed by atoms with Crippen molar-refractivity contribution in [1.29, 1.82) is 0 Å². The molecule has 1 heterocycles. The predicted octanol–water partition coefficient (Wildman–Crippen LogP) is 4.51.